The fraction of sp³-hybridized carbons (Fsp3) is 0.188. The quantitative estimate of drug-likeness (QED) is 0.861. The maximum Gasteiger partial charge on any atom is 0.255 e. The molecule has 3 heteroatoms. The van der Waals surface area contributed by atoms with Gasteiger partial charge >= 0.3 is 0 Å². The highest BCUT2D eigenvalue weighted by molar-refractivity contribution is 6.04. The van der Waals surface area contributed by atoms with E-state index in [0.717, 1.165) is 25.1 Å². The summed E-state index contributed by atoms with van der Waals surface area (Å²) >= 11 is 0. The van der Waals surface area contributed by atoms with E-state index < -0.39 is 0 Å². The molecule has 2 aromatic carbocycles. The number of anilines is 2. The molecule has 0 fully saturated rings. The summed E-state index contributed by atoms with van der Waals surface area (Å²) < 4.78 is 0. The fourth-order valence-electron chi connectivity index (χ4n) is 2.35. The molecule has 0 radical (unpaired) electrons. The molecule has 96 valence electrons. The monoisotopic (exact) mass is 252 g/mol. The summed E-state index contributed by atoms with van der Waals surface area (Å²) in [7, 11) is 0. The van der Waals surface area contributed by atoms with Gasteiger partial charge in [0.1, 0.15) is 0 Å². The van der Waals surface area contributed by atoms with E-state index in [4.69, 9.17) is 0 Å². The minimum absolute atomic E-state index is 0.0654. The molecule has 2 N–H and O–H groups in total. The molecular weight excluding hydrogens is 236 g/mol. The van der Waals surface area contributed by atoms with Crippen molar-refractivity contribution in [3.63, 3.8) is 0 Å². The molecule has 0 saturated carbocycles. The Balaban J connectivity index is 1.78. The Kier molecular flexibility index (Phi) is 3.19. The van der Waals surface area contributed by atoms with Crippen molar-refractivity contribution in [3.05, 3.63) is 59.7 Å². The molecule has 1 aliphatic heterocycles. The van der Waals surface area contributed by atoms with E-state index in [2.05, 4.69) is 16.7 Å². The van der Waals surface area contributed by atoms with Crippen LogP contribution in [0.1, 0.15) is 22.3 Å². The molecule has 0 unspecified atom stereocenters. The van der Waals surface area contributed by atoms with Crippen LogP contribution in [0.4, 0.5) is 11.4 Å². The van der Waals surface area contributed by atoms with E-state index in [-0.39, 0.29) is 5.91 Å². The summed E-state index contributed by atoms with van der Waals surface area (Å²) in [4.78, 5) is 12.1. The van der Waals surface area contributed by atoms with Gasteiger partial charge in [0.25, 0.3) is 5.91 Å². The molecule has 2 aromatic rings. The number of amides is 1. The van der Waals surface area contributed by atoms with Crippen LogP contribution in [0.3, 0.4) is 0 Å². The first kappa shape index (κ1) is 11.8. The number of rotatable bonds is 2. The number of carbonyl (C=O) groups excluding carboxylic acids is 1. The maximum atomic E-state index is 12.1. The van der Waals surface area contributed by atoms with Crippen LogP contribution in [0.25, 0.3) is 0 Å². The highest BCUT2D eigenvalue weighted by Gasteiger charge is 2.10. The second kappa shape index (κ2) is 5.14. The third-order valence-electron chi connectivity index (χ3n) is 3.34. The van der Waals surface area contributed by atoms with Gasteiger partial charge in [-0.1, -0.05) is 18.2 Å². The Morgan fingerprint density at radius 3 is 2.79 bits per heavy atom. The number of aryl methyl sites for hydroxylation is 1. The largest absolute Gasteiger partial charge is 0.385 e. The van der Waals surface area contributed by atoms with E-state index in [9.17, 15) is 4.79 Å². The predicted octanol–water partition coefficient (Wildman–Crippen LogP) is 3.30. The number of fused-ring (bicyclic) bond motifs is 1. The van der Waals surface area contributed by atoms with Gasteiger partial charge < -0.3 is 10.6 Å². The van der Waals surface area contributed by atoms with Crippen molar-refractivity contribution in [2.24, 2.45) is 0 Å². The Labute approximate surface area is 112 Å². The Hall–Kier alpha value is -2.29. The van der Waals surface area contributed by atoms with Crippen molar-refractivity contribution < 1.29 is 4.79 Å². The zero-order chi connectivity index (χ0) is 13.1. The van der Waals surface area contributed by atoms with Crippen LogP contribution in [-0.4, -0.2) is 12.5 Å². The lowest BCUT2D eigenvalue weighted by molar-refractivity contribution is 0.102. The number of benzene rings is 2. The molecule has 19 heavy (non-hydrogen) atoms. The maximum absolute atomic E-state index is 12.1. The summed E-state index contributed by atoms with van der Waals surface area (Å²) in [5.41, 5.74) is 4.00. The third-order valence-corrected chi connectivity index (χ3v) is 3.34. The minimum Gasteiger partial charge on any atom is -0.385 e. The predicted molar refractivity (Wildman–Crippen MR) is 77.6 cm³/mol. The van der Waals surface area contributed by atoms with Gasteiger partial charge in [0.2, 0.25) is 0 Å². The zero-order valence-electron chi connectivity index (χ0n) is 10.6. The first-order valence-corrected chi connectivity index (χ1v) is 6.56. The van der Waals surface area contributed by atoms with E-state index in [0.29, 0.717) is 5.56 Å². The van der Waals surface area contributed by atoms with Gasteiger partial charge in [-0.3, -0.25) is 4.79 Å². The molecule has 0 spiro atoms. The lowest BCUT2D eigenvalue weighted by Crippen LogP contribution is -2.14. The van der Waals surface area contributed by atoms with Gasteiger partial charge in [0.05, 0.1) is 0 Å². The van der Waals surface area contributed by atoms with Gasteiger partial charge in [0, 0.05) is 23.5 Å². The van der Waals surface area contributed by atoms with Crippen LogP contribution >= 0.6 is 0 Å². The Morgan fingerprint density at radius 1 is 1.11 bits per heavy atom. The van der Waals surface area contributed by atoms with Gasteiger partial charge in [-0.25, -0.2) is 0 Å². The van der Waals surface area contributed by atoms with Gasteiger partial charge in [-0.05, 0) is 48.7 Å². The molecule has 0 atom stereocenters. The van der Waals surface area contributed by atoms with Crippen molar-refractivity contribution in [2.75, 3.05) is 17.2 Å². The van der Waals surface area contributed by atoms with Gasteiger partial charge in [-0.15, -0.1) is 0 Å². The summed E-state index contributed by atoms with van der Waals surface area (Å²) in [6.45, 7) is 1.03. The van der Waals surface area contributed by atoms with Crippen LogP contribution in [0.15, 0.2) is 48.5 Å². The van der Waals surface area contributed by atoms with Crippen LogP contribution in [0, 0.1) is 0 Å². The fourth-order valence-corrected chi connectivity index (χ4v) is 2.35. The van der Waals surface area contributed by atoms with E-state index in [1.165, 1.54) is 11.3 Å². The van der Waals surface area contributed by atoms with Crippen LogP contribution in [0.5, 0.6) is 0 Å². The number of hydrogen-bond acceptors (Lipinski definition) is 2. The highest BCUT2D eigenvalue weighted by atomic mass is 16.1. The van der Waals surface area contributed by atoms with Crippen molar-refractivity contribution in [1.82, 2.24) is 0 Å². The second-order valence-corrected chi connectivity index (χ2v) is 4.72. The molecule has 0 saturated heterocycles. The van der Waals surface area contributed by atoms with Crippen LogP contribution < -0.4 is 10.6 Å². The van der Waals surface area contributed by atoms with E-state index in [1.54, 1.807) is 0 Å². The smallest absolute Gasteiger partial charge is 0.255 e. The summed E-state index contributed by atoms with van der Waals surface area (Å²) in [6, 6.07) is 15.3. The van der Waals surface area contributed by atoms with Gasteiger partial charge in [0.15, 0.2) is 0 Å². The first-order chi connectivity index (χ1) is 9.33. The zero-order valence-corrected chi connectivity index (χ0v) is 10.6. The number of nitrogens with one attached hydrogen (secondary N) is 2. The van der Waals surface area contributed by atoms with Crippen molar-refractivity contribution in [1.29, 1.82) is 0 Å². The summed E-state index contributed by atoms with van der Waals surface area (Å²) in [6.07, 6.45) is 2.21. The summed E-state index contributed by atoms with van der Waals surface area (Å²) in [5.74, 6) is -0.0654. The van der Waals surface area contributed by atoms with E-state index in [1.807, 2.05) is 42.5 Å². The van der Waals surface area contributed by atoms with Gasteiger partial charge in [-0.2, -0.15) is 0 Å². The normalized spacial score (nSPS) is 13.3. The molecule has 1 aliphatic rings. The lowest BCUT2D eigenvalue weighted by atomic mass is 10.0. The molecule has 0 bridgehead atoms. The first-order valence-electron chi connectivity index (χ1n) is 6.56. The number of carbonyl (C=O) groups is 1. The Morgan fingerprint density at radius 2 is 1.95 bits per heavy atom. The topological polar surface area (TPSA) is 41.1 Å². The molecule has 0 aliphatic carbocycles. The molecular formula is C16H16N2O. The minimum atomic E-state index is -0.0654. The Bertz CT molecular complexity index is 593. The lowest BCUT2D eigenvalue weighted by Gasteiger charge is -2.18. The molecule has 1 amide bonds. The SMILES string of the molecule is O=C(Nc1ccc2c(c1)CCCN2)c1ccccc1. The highest BCUT2D eigenvalue weighted by Crippen LogP contribution is 2.25. The molecule has 3 nitrogen and oxygen atoms in total. The van der Waals surface area contributed by atoms with Crippen molar-refractivity contribution in [3.8, 4) is 0 Å². The van der Waals surface area contributed by atoms with Crippen molar-refractivity contribution >= 4 is 17.3 Å². The van der Waals surface area contributed by atoms with E-state index >= 15 is 0 Å². The molecule has 3 rings (SSSR count). The third kappa shape index (κ3) is 2.60. The standard InChI is InChI=1S/C16H16N2O/c19-16(12-5-2-1-3-6-12)18-14-8-9-15-13(11-14)7-4-10-17-15/h1-3,5-6,8-9,11,17H,4,7,10H2,(H,18,19). The molecule has 0 aromatic heterocycles. The van der Waals surface area contributed by atoms with Crippen LogP contribution in [0.2, 0.25) is 0 Å². The van der Waals surface area contributed by atoms with Crippen LogP contribution in [-0.2, 0) is 6.42 Å². The summed E-state index contributed by atoms with van der Waals surface area (Å²) in [5, 5.41) is 6.30. The second-order valence-electron chi connectivity index (χ2n) is 4.72. The number of hydrogen-bond donors (Lipinski definition) is 2. The average molecular weight is 252 g/mol. The van der Waals surface area contributed by atoms with Crippen molar-refractivity contribution in [2.45, 2.75) is 12.8 Å². The molecule has 1 heterocycles. The average Bonchev–Trinajstić information content (AvgIpc) is 2.48.